The highest BCUT2D eigenvalue weighted by molar-refractivity contribution is 5.24. The summed E-state index contributed by atoms with van der Waals surface area (Å²) >= 11 is 0. The molecule has 0 amide bonds. The van der Waals surface area contributed by atoms with Gasteiger partial charge >= 0.3 is 0 Å². The van der Waals surface area contributed by atoms with Crippen LogP contribution in [0, 0.1) is 63.6 Å². The number of hydrogen-bond donors (Lipinski definition) is 0. The maximum Gasteiger partial charge on any atom is -0.00853 e. The van der Waals surface area contributed by atoms with E-state index in [0.29, 0.717) is 16.2 Å². The summed E-state index contributed by atoms with van der Waals surface area (Å²) in [6, 6.07) is 0. The standard InChI is InChI=1S/C30H50/c1-19(2)21(4)30(7)18-27(30)20(3)24-13-14-25-23-12-11-22-10-8-9-16-28(22,5)26(23)15-17-29(24,25)6/h11,19-21,23-27H,8-10,12-18H2,1-7H3/t20-,21+,23-,24+,25-,26-,27+,28-,29+,30+/m0/s1. The molecule has 0 spiro atoms. The first-order valence-corrected chi connectivity index (χ1v) is 13.8. The summed E-state index contributed by atoms with van der Waals surface area (Å²) in [5.74, 6) is 7.61. The molecule has 0 heterocycles. The minimum absolute atomic E-state index is 0.563. The van der Waals surface area contributed by atoms with Crippen molar-refractivity contribution in [3.63, 3.8) is 0 Å². The lowest BCUT2D eigenvalue weighted by Gasteiger charge is -2.58. The molecular weight excluding hydrogens is 360 g/mol. The van der Waals surface area contributed by atoms with Crippen molar-refractivity contribution in [1.29, 1.82) is 0 Å². The topological polar surface area (TPSA) is 0 Å². The lowest BCUT2D eigenvalue weighted by atomic mass is 9.47. The predicted molar refractivity (Wildman–Crippen MR) is 129 cm³/mol. The van der Waals surface area contributed by atoms with Crippen LogP contribution < -0.4 is 0 Å². The van der Waals surface area contributed by atoms with E-state index in [1.165, 1.54) is 64.2 Å². The second-order valence-corrected chi connectivity index (χ2v) is 13.9. The number of hydrogen-bond acceptors (Lipinski definition) is 0. The van der Waals surface area contributed by atoms with Crippen LogP contribution in [0.3, 0.4) is 0 Å². The van der Waals surface area contributed by atoms with Gasteiger partial charge in [-0.1, -0.05) is 66.5 Å². The average Bonchev–Trinajstić information content (AvgIpc) is 3.28. The molecule has 0 nitrogen and oxygen atoms in total. The van der Waals surface area contributed by atoms with Crippen molar-refractivity contribution in [1.82, 2.24) is 0 Å². The normalized spacial score (nSPS) is 52.1. The summed E-state index contributed by atoms with van der Waals surface area (Å²) in [6.07, 6.45) is 17.6. The quantitative estimate of drug-likeness (QED) is 0.406. The monoisotopic (exact) mass is 410 g/mol. The zero-order valence-electron chi connectivity index (χ0n) is 21.3. The van der Waals surface area contributed by atoms with E-state index >= 15 is 0 Å². The van der Waals surface area contributed by atoms with Crippen molar-refractivity contribution in [2.75, 3.05) is 0 Å². The average molecular weight is 411 g/mol. The first-order chi connectivity index (χ1) is 14.1. The summed E-state index contributed by atoms with van der Waals surface area (Å²) in [5, 5.41) is 0. The molecule has 0 bridgehead atoms. The smallest absolute Gasteiger partial charge is 0.00853 e. The molecule has 4 fully saturated rings. The summed E-state index contributed by atoms with van der Waals surface area (Å²) in [6.45, 7) is 18.2. The molecule has 0 N–H and O–H groups in total. The Kier molecular flexibility index (Phi) is 5.12. The minimum atomic E-state index is 0.563. The highest BCUT2D eigenvalue weighted by Crippen LogP contribution is 2.71. The van der Waals surface area contributed by atoms with Gasteiger partial charge in [0.2, 0.25) is 0 Å². The van der Waals surface area contributed by atoms with Gasteiger partial charge in [0.25, 0.3) is 0 Å². The molecule has 0 aliphatic heterocycles. The van der Waals surface area contributed by atoms with Crippen molar-refractivity contribution in [3.8, 4) is 0 Å². The van der Waals surface area contributed by atoms with Crippen LogP contribution in [0.2, 0.25) is 0 Å². The summed E-state index contributed by atoms with van der Waals surface area (Å²) in [5.41, 5.74) is 3.69. The van der Waals surface area contributed by atoms with Crippen molar-refractivity contribution in [3.05, 3.63) is 11.6 Å². The molecular formula is C30H50. The van der Waals surface area contributed by atoms with Gasteiger partial charge in [0.15, 0.2) is 0 Å². The fraction of sp³-hybridized carbons (Fsp3) is 0.933. The van der Waals surface area contributed by atoms with Crippen LogP contribution >= 0.6 is 0 Å². The highest BCUT2D eigenvalue weighted by atomic mass is 14.7. The van der Waals surface area contributed by atoms with Crippen LogP contribution in [0.15, 0.2) is 11.6 Å². The van der Waals surface area contributed by atoms with E-state index in [0.717, 1.165) is 47.3 Å². The van der Waals surface area contributed by atoms with Gasteiger partial charge in [-0.2, -0.15) is 0 Å². The Morgan fingerprint density at radius 1 is 0.867 bits per heavy atom. The third kappa shape index (κ3) is 2.90. The molecule has 5 aliphatic rings. The van der Waals surface area contributed by atoms with Crippen LogP contribution in [0.1, 0.15) is 113 Å². The Morgan fingerprint density at radius 3 is 2.37 bits per heavy atom. The molecule has 10 atom stereocenters. The molecule has 4 saturated carbocycles. The van der Waals surface area contributed by atoms with Crippen LogP contribution in [0.25, 0.3) is 0 Å². The molecule has 170 valence electrons. The van der Waals surface area contributed by atoms with Gasteiger partial charge in [0.1, 0.15) is 0 Å². The Morgan fingerprint density at radius 2 is 1.63 bits per heavy atom. The second kappa shape index (κ2) is 7.12. The van der Waals surface area contributed by atoms with E-state index < -0.39 is 0 Å². The molecule has 0 saturated heterocycles. The van der Waals surface area contributed by atoms with Gasteiger partial charge in [-0.3, -0.25) is 0 Å². The van der Waals surface area contributed by atoms with Crippen molar-refractivity contribution in [2.45, 2.75) is 113 Å². The third-order valence-corrected chi connectivity index (χ3v) is 12.7. The van der Waals surface area contributed by atoms with Crippen molar-refractivity contribution < 1.29 is 0 Å². The lowest BCUT2D eigenvalue weighted by Crippen LogP contribution is -2.50. The van der Waals surface area contributed by atoms with Gasteiger partial charge in [0, 0.05) is 0 Å². The SMILES string of the molecule is CC(C)[C@@H](C)[C@@]1(C)C[C@@H]1[C@@H](C)[C@H]1CC[C@H]2[C@@H]3CC=C4CCCC[C@]4(C)[C@H]3CC[C@]12C. The van der Waals surface area contributed by atoms with E-state index in [4.69, 9.17) is 0 Å². The third-order valence-electron chi connectivity index (χ3n) is 12.7. The van der Waals surface area contributed by atoms with E-state index in [2.05, 4.69) is 54.5 Å². The zero-order chi connectivity index (χ0) is 21.5. The summed E-state index contributed by atoms with van der Waals surface area (Å²) in [7, 11) is 0. The minimum Gasteiger partial charge on any atom is -0.0845 e. The van der Waals surface area contributed by atoms with Crippen molar-refractivity contribution in [2.24, 2.45) is 63.6 Å². The van der Waals surface area contributed by atoms with Crippen LogP contribution in [-0.4, -0.2) is 0 Å². The zero-order valence-corrected chi connectivity index (χ0v) is 21.3. The number of rotatable bonds is 4. The van der Waals surface area contributed by atoms with Crippen LogP contribution in [0.5, 0.6) is 0 Å². The first kappa shape index (κ1) is 21.6. The Balaban J connectivity index is 1.35. The molecule has 0 aromatic rings. The summed E-state index contributed by atoms with van der Waals surface area (Å²) in [4.78, 5) is 0. The Hall–Kier alpha value is -0.260. The number of fused-ring (bicyclic) bond motifs is 5. The van der Waals surface area contributed by atoms with E-state index in [-0.39, 0.29) is 0 Å². The van der Waals surface area contributed by atoms with E-state index in [1.807, 2.05) is 5.57 Å². The summed E-state index contributed by atoms with van der Waals surface area (Å²) < 4.78 is 0. The molecule has 0 radical (unpaired) electrons. The lowest BCUT2D eigenvalue weighted by molar-refractivity contribution is -0.0523. The molecule has 30 heavy (non-hydrogen) atoms. The second-order valence-electron chi connectivity index (χ2n) is 13.9. The van der Waals surface area contributed by atoms with Gasteiger partial charge in [-0.15, -0.1) is 0 Å². The molecule has 0 aromatic heterocycles. The van der Waals surface area contributed by atoms with Crippen LogP contribution in [-0.2, 0) is 0 Å². The molecule has 0 aromatic carbocycles. The fourth-order valence-electron chi connectivity index (χ4n) is 10.4. The van der Waals surface area contributed by atoms with Crippen molar-refractivity contribution >= 4 is 0 Å². The molecule has 5 rings (SSSR count). The number of allylic oxidation sites excluding steroid dienone is 2. The predicted octanol–water partition coefficient (Wildman–Crippen LogP) is 8.91. The highest BCUT2D eigenvalue weighted by Gasteiger charge is 2.63. The largest absolute Gasteiger partial charge is 0.0845 e. The van der Waals surface area contributed by atoms with Gasteiger partial charge in [0.05, 0.1) is 0 Å². The van der Waals surface area contributed by atoms with E-state index in [1.54, 1.807) is 0 Å². The Bertz CT molecular complexity index is 701. The maximum absolute atomic E-state index is 2.76. The first-order valence-electron chi connectivity index (χ1n) is 13.8. The van der Waals surface area contributed by atoms with Crippen LogP contribution in [0.4, 0.5) is 0 Å². The van der Waals surface area contributed by atoms with Gasteiger partial charge < -0.3 is 0 Å². The molecule has 5 aliphatic carbocycles. The van der Waals surface area contributed by atoms with Gasteiger partial charge in [-0.25, -0.2) is 0 Å². The Labute approximate surface area is 188 Å². The van der Waals surface area contributed by atoms with E-state index in [9.17, 15) is 0 Å². The molecule has 0 unspecified atom stereocenters. The molecule has 0 heteroatoms. The maximum atomic E-state index is 2.76. The van der Waals surface area contributed by atoms with Gasteiger partial charge in [-0.05, 0) is 121 Å². The fourth-order valence-corrected chi connectivity index (χ4v) is 10.4.